The minimum absolute atomic E-state index is 0.370. The van der Waals surface area contributed by atoms with Gasteiger partial charge in [-0.25, -0.2) is 4.98 Å². The average Bonchev–Trinajstić information content (AvgIpc) is 2.87. The first-order chi connectivity index (χ1) is 9.25. The van der Waals surface area contributed by atoms with Gasteiger partial charge in [0.2, 0.25) is 0 Å². The number of fused-ring (bicyclic) bond motifs is 1. The molecule has 0 radical (unpaired) electrons. The van der Waals surface area contributed by atoms with E-state index < -0.39 is 0 Å². The first kappa shape index (κ1) is 12.4. The molecule has 1 heterocycles. The SMILES string of the molecule is NC(=S)c1nccn1CC1CCCc2ccccc21. The summed E-state index contributed by atoms with van der Waals surface area (Å²) in [4.78, 5) is 4.60. The minimum atomic E-state index is 0.370. The quantitative estimate of drug-likeness (QED) is 0.873. The lowest BCUT2D eigenvalue weighted by atomic mass is 9.83. The van der Waals surface area contributed by atoms with E-state index in [4.69, 9.17) is 18.0 Å². The van der Waals surface area contributed by atoms with Crippen molar-refractivity contribution >= 4 is 17.2 Å². The molecule has 0 bridgehead atoms. The zero-order chi connectivity index (χ0) is 13.2. The van der Waals surface area contributed by atoms with Crippen LogP contribution in [-0.2, 0) is 13.0 Å². The zero-order valence-corrected chi connectivity index (χ0v) is 11.6. The summed E-state index contributed by atoms with van der Waals surface area (Å²) in [5, 5.41) is 0. The molecule has 3 rings (SSSR count). The number of aromatic nitrogens is 2. The van der Waals surface area contributed by atoms with Crippen LogP contribution >= 0.6 is 12.2 Å². The highest BCUT2D eigenvalue weighted by molar-refractivity contribution is 7.80. The van der Waals surface area contributed by atoms with E-state index in [-0.39, 0.29) is 0 Å². The molecule has 1 unspecified atom stereocenters. The Kier molecular flexibility index (Phi) is 3.34. The van der Waals surface area contributed by atoms with Gasteiger partial charge < -0.3 is 10.3 Å². The Balaban J connectivity index is 1.89. The molecule has 1 aromatic carbocycles. The summed E-state index contributed by atoms with van der Waals surface area (Å²) < 4.78 is 2.08. The van der Waals surface area contributed by atoms with Crippen molar-refractivity contribution in [3.8, 4) is 0 Å². The molecular weight excluding hydrogens is 254 g/mol. The van der Waals surface area contributed by atoms with E-state index in [1.165, 1.54) is 30.4 Å². The molecule has 19 heavy (non-hydrogen) atoms. The molecule has 0 aliphatic heterocycles. The van der Waals surface area contributed by atoms with Gasteiger partial charge in [0.1, 0.15) is 4.99 Å². The van der Waals surface area contributed by atoms with Gasteiger partial charge in [-0.2, -0.15) is 0 Å². The van der Waals surface area contributed by atoms with Gasteiger partial charge in [0, 0.05) is 24.9 Å². The summed E-state index contributed by atoms with van der Waals surface area (Å²) in [5.41, 5.74) is 8.66. The van der Waals surface area contributed by atoms with Crippen LogP contribution in [0.1, 0.15) is 35.7 Å². The fraction of sp³-hybridized carbons (Fsp3) is 0.333. The Labute approximate surface area is 118 Å². The topological polar surface area (TPSA) is 43.8 Å². The number of hydrogen-bond donors (Lipinski definition) is 1. The van der Waals surface area contributed by atoms with Crippen molar-refractivity contribution < 1.29 is 0 Å². The Hall–Kier alpha value is -1.68. The summed E-state index contributed by atoms with van der Waals surface area (Å²) >= 11 is 5.04. The molecule has 98 valence electrons. The molecule has 1 aromatic heterocycles. The van der Waals surface area contributed by atoms with Crippen molar-refractivity contribution in [2.75, 3.05) is 0 Å². The lowest BCUT2D eigenvalue weighted by molar-refractivity contribution is 0.482. The highest BCUT2D eigenvalue weighted by atomic mass is 32.1. The van der Waals surface area contributed by atoms with Gasteiger partial charge >= 0.3 is 0 Å². The zero-order valence-electron chi connectivity index (χ0n) is 10.7. The molecule has 2 N–H and O–H groups in total. The molecule has 0 spiro atoms. The number of nitrogens with zero attached hydrogens (tertiary/aromatic N) is 2. The van der Waals surface area contributed by atoms with Crippen LogP contribution in [0.3, 0.4) is 0 Å². The third-order valence-electron chi connectivity index (χ3n) is 3.85. The van der Waals surface area contributed by atoms with Gasteiger partial charge in [-0.1, -0.05) is 36.5 Å². The van der Waals surface area contributed by atoms with Gasteiger partial charge in [-0.3, -0.25) is 0 Å². The molecule has 0 amide bonds. The van der Waals surface area contributed by atoms with Gasteiger partial charge in [-0.05, 0) is 30.4 Å². The number of aryl methyl sites for hydroxylation is 1. The Morgan fingerprint density at radius 2 is 2.26 bits per heavy atom. The average molecular weight is 271 g/mol. The Morgan fingerprint density at radius 1 is 1.42 bits per heavy atom. The number of imidazole rings is 1. The molecule has 3 nitrogen and oxygen atoms in total. The van der Waals surface area contributed by atoms with Crippen LogP contribution in [0, 0.1) is 0 Å². The van der Waals surface area contributed by atoms with Crippen LogP contribution in [0.25, 0.3) is 0 Å². The molecule has 2 aromatic rings. The first-order valence-corrected chi connectivity index (χ1v) is 7.05. The third-order valence-corrected chi connectivity index (χ3v) is 4.03. The van der Waals surface area contributed by atoms with Gasteiger partial charge in [-0.15, -0.1) is 0 Å². The van der Waals surface area contributed by atoms with Crippen LogP contribution in [0.5, 0.6) is 0 Å². The van der Waals surface area contributed by atoms with Crippen LogP contribution in [0.15, 0.2) is 36.7 Å². The summed E-state index contributed by atoms with van der Waals surface area (Å²) in [6, 6.07) is 8.73. The van der Waals surface area contributed by atoms with E-state index in [9.17, 15) is 0 Å². The maximum absolute atomic E-state index is 5.71. The second-order valence-electron chi connectivity index (χ2n) is 5.06. The van der Waals surface area contributed by atoms with Gasteiger partial charge in [0.15, 0.2) is 5.82 Å². The lowest BCUT2D eigenvalue weighted by Gasteiger charge is -2.26. The van der Waals surface area contributed by atoms with E-state index in [1.807, 2.05) is 6.20 Å². The summed E-state index contributed by atoms with van der Waals surface area (Å²) in [6.07, 6.45) is 7.39. The molecule has 1 aliphatic carbocycles. The second kappa shape index (κ2) is 5.13. The number of benzene rings is 1. The molecule has 4 heteroatoms. The maximum Gasteiger partial charge on any atom is 0.167 e. The number of thiocarbonyl (C=S) groups is 1. The highest BCUT2D eigenvalue weighted by Gasteiger charge is 2.21. The highest BCUT2D eigenvalue weighted by Crippen LogP contribution is 2.32. The monoisotopic (exact) mass is 271 g/mol. The standard InChI is InChI=1S/C15H17N3S/c16-14(19)15-17-8-9-18(15)10-12-6-3-5-11-4-1-2-7-13(11)12/h1-2,4,7-9,12H,3,5-6,10H2,(H2,16,19). The normalized spacial score (nSPS) is 18.0. The van der Waals surface area contributed by atoms with Crippen LogP contribution < -0.4 is 5.73 Å². The van der Waals surface area contributed by atoms with E-state index in [2.05, 4.69) is 33.8 Å². The van der Waals surface area contributed by atoms with E-state index >= 15 is 0 Å². The summed E-state index contributed by atoms with van der Waals surface area (Å²) in [5.74, 6) is 1.25. The maximum atomic E-state index is 5.71. The van der Waals surface area contributed by atoms with Crippen molar-refractivity contribution in [1.82, 2.24) is 9.55 Å². The van der Waals surface area contributed by atoms with E-state index in [0.717, 1.165) is 12.4 Å². The summed E-state index contributed by atoms with van der Waals surface area (Å²) in [7, 11) is 0. The number of hydrogen-bond acceptors (Lipinski definition) is 2. The van der Waals surface area contributed by atoms with Crippen molar-refractivity contribution in [3.63, 3.8) is 0 Å². The molecule has 1 atom stereocenters. The molecule has 0 saturated heterocycles. The fourth-order valence-electron chi connectivity index (χ4n) is 2.96. The molecular formula is C15H17N3S. The second-order valence-corrected chi connectivity index (χ2v) is 5.50. The van der Waals surface area contributed by atoms with Crippen LogP contribution in [0.4, 0.5) is 0 Å². The molecule has 1 aliphatic rings. The van der Waals surface area contributed by atoms with Gasteiger partial charge in [0.25, 0.3) is 0 Å². The Bertz CT molecular complexity index is 603. The van der Waals surface area contributed by atoms with Crippen molar-refractivity contribution in [3.05, 3.63) is 53.6 Å². The minimum Gasteiger partial charge on any atom is -0.387 e. The van der Waals surface area contributed by atoms with E-state index in [1.54, 1.807) is 6.20 Å². The Morgan fingerprint density at radius 3 is 3.11 bits per heavy atom. The predicted molar refractivity (Wildman–Crippen MR) is 80.2 cm³/mol. The molecule has 0 saturated carbocycles. The number of nitrogens with two attached hydrogens (primary N) is 1. The third kappa shape index (κ3) is 2.40. The van der Waals surface area contributed by atoms with Crippen molar-refractivity contribution in [2.24, 2.45) is 5.73 Å². The first-order valence-electron chi connectivity index (χ1n) is 6.64. The van der Waals surface area contributed by atoms with E-state index in [0.29, 0.717) is 10.9 Å². The van der Waals surface area contributed by atoms with Gasteiger partial charge in [0.05, 0.1) is 0 Å². The van der Waals surface area contributed by atoms with Crippen LogP contribution in [-0.4, -0.2) is 14.5 Å². The largest absolute Gasteiger partial charge is 0.387 e. The smallest absolute Gasteiger partial charge is 0.167 e. The van der Waals surface area contributed by atoms with Crippen molar-refractivity contribution in [2.45, 2.75) is 31.7 Å². The lowest BCUT2D eigenvalue weighted by Crippen LogP contribution is -2.21. The molecule has 0 fully saturated rings. The summed E-state index contributed by atoms with van der Waals surface area (Å²) in [6.45, 7) is 0.906. The van der Waals surface area contributed by atoms with Crippen LogP contribution in [0.2, 0.25) is 0 Å². The predicted octanol–water partition coefficient (Wildman–Crippen LogP) is 2.64. The fourth-order valence-corrected chi connectivity index (χ4v) is 3.13. The number of rotatable bonds is 3. The van der Waals surface area contributed by atoms with Crippen molar-refractivity contribution in [1.29, 1.82) is 0 Å².